The Hall–Kier alpha value is -0.570. The van der Waals surface area contributed by atoms with Gasteiger partial charge >= 0.3 is 0 Å². The Morgan fingerprint density at radius 1 is 1.44 bits per heavy atom. The van der Waals surface area contributed by atoms with E-state index in [1.165, 1.54) is 6.42 Å². The lowest BCUT2D eigenvalue weighted by Gasteiger charge is -2.36. The minimum absolute atomic E-state index is 0.0419. The quantitative estimate of drug-likeness (QED) is 0.774. The molecule has 3 unspecified atom stereocenters. The van der Waals surface area contributed by atoms with Gasteiger partial charge in [-0.3, -0.25) is 4.79 Å². The van der Waals surface area contributed by atoms with Crippen molar-refractivity contribution >= 4 is 5.91 Å². The highest BCUT2D eigenvalue weighted by Crippen LogP contribution is 2.30. The fourth-order valence-corrected chi connectivity index (χ4v) is 2.32. The van der Waals surface area contributed by atoms with E-state index in [4.69, 9.17) is 5.73 Å². The van der Waals surface area contributed by atoms with Gasteiger partial charge in [0.15, 0.2) is 0 Å². The molecule has 0 bridgehead atoms. The average Bonchev–Trinajstić information content (AvgIpc) is 2.16. The van der Waals surface area contributed by atoms with Gasteiger partial charge < -0.3 is 11.1 Å². The van der Waals surface area contributed by atoms with Gasteiger partial charge in [-0.2, -0.15) is 0 Å². The summed E-state index contributed by atoms with van der Waals surface area (Å²) in [5, 5.41) is 3.05. The largest absolute Gasteiger partial charge is 0.352 e. The van der Waals surface area contributed by atoms with Crippen molar-refractivity contribution in [3.05, 3.63) is 0 Å². The van der Waals surface area contributed by atoms with E-state index in [0.29, 0.717) is 11.8 Å². The minimum Gasteiger partial charge on any atom is -0.352 e. The number of rotatable bonds is 3. The number of carbonyl (C=O) groups is 1. The van der Waals surface area contributed by atoms with E-state index < -0.39 is 5.54 Å². The highest BCUT2D eigenvalue weighted by molar-refractivity contribution is 5.86. The molecule has 3 N–H and O–H groups in total. The molecule has 3 atom stereocenters. The van der Waals surface area contributed by atoms with Crippen LogP contribution in [0.15, 0.2) is 0 Å². The zero-order valence-corrected chi connectivity index (χ0v) is 11.0. The van der Waals surface area contributed by atoms with Crippen molar-refractivity contribution in [2.75, 3.05) is 0 Å². The van der Waals surface area contributed by atoms with E-state index in [9.17, 15) is 4.79 Å². The van der Waals surface area contributed by atoms with Gasteiger partial charge in [0.05, 0.1) is 5.54 Å². The van der Waals surface area contributed by atoms with Crippen LogP contribution in [0.4, 0.5) is 0 Å². The van der Waals surface area contributed by atoms with Crippen LogP contribution in [0.2, 0.25) is 0 Å². The molecule has 0 aromatic heterocycles. The third kappa shape index (κ3) is 3.21. The molecule has 3 nitrogen and oxygen atoms in total. The van der Waals surface area contributed by atoms with Crippen molar-refractivity contribution in [1.29, 1.82) is 0 Å². The van der Waals surface area contributed by atoms with Crippen molar-refractivity contribution in [2.45, 2.75) is 65.0 Å². The van der Waals surface area contributed by atoms with Crippen LogP contribution in [-0.4, -0.2) is 17.5 Å². The predicted molar refractivity (Wildman–Crippen MR) is 67.0 cm³/mol. The molecule has 0 spiro atoms. The van der Waals surface area contributed by atoms with Gasteiger partial charge in [0, 0.05) is 6.04 Å². The second kappa shape index (κ2) is 5.17. The second-order valence-electron chi connectivity index (χ2n) is 5.86. The fourth-order valence-electron chi connectivity index (χ4n) is 2.32. The standard InChI is InChI=1S/C13H26N2O/c1-9(2)11(4)15-12(16)13(14)7-5-6-10(3)8-13/h9-11H,5-8,14H2,1-4H3,(H,15,16). The van der Waals surface area contributed by atoms with Crippen LogP contribution >= 0.6 is 0 Å². The summed E-state index contributed by atoms with van der Waals surface area (Å²) >= 11 is 0. The Morgan fingerprint density at radius 3 is 2.56 bits per heavy atom. The Kier molecular flexibility index (Phi) is 4.36. The molecular formula is C13H26N2O. The van der Waals surface area contributed by atoms with Crippen LogP contribution in [-0.2, 0) is 4.79 Å². The predicted octanol–water partition coefficient (Wildman–Crippen LogP) is 2.05. The summed E-state index contributed by atoms with van der Waals surface area (Å²) in [5.74, 6) is 1.06. The summed E-state index contributed by atoms with van der Waals surface area (Å²) in [7, 11) is 0. The van der Waals surface area contributed by atoms with E-state index in [1.54, 1.807) is 0 Å². The minimum atomic E-state index is -0.624. The van der Waals surface area contributed by atoms with E-state index in [1.807, 2.05) is 6.92 Å². The van der Waals surface area contributed by atoms with Gasteiger partial charge in [0.1, 0.15) is 0 Å². The number of hydrogen-bond acceptors (Lipinski definition) is 2. The Morgan fingerprint density at radius 2 is 2.06 bits per heavy atom. The highest BCUT2D eigenvalue weighted by Gasteiger charge is 2.38. The first-order valence-electron chi connectivity index (χ1n) is 6.45. The molecule has 3 heteroatoms. The maximum absolute atomic E-state index is 12.1. The zero-order valence-electron chi connectivity index (χ0n) is 11.0. The van der Waals surface area contributed by atoms with E-state index >= 15 is 0 Å². The molecular weight excluding hydrogens is 200 g/mol. The van der Waals surface area contributed by atoms with Crippen LogP contribution in [0.5, 0.6) is 0 Å². The lowest BCUT2D eigenvalue weighted by atomic mass is 9.76. The monoisotopic (exact) mass is 226 g/mol. The molecule has 0 heterocycles. The molecule has 0 saturated heterocycles. The van der Waals surface area contributed by atoms with Crippen molar-refractivity contribution in [3.63, 3.8) is 0 Å². The first-order valence-corrected chi connectivity index (χ1v) is 6.45. The Labute approximate surface area is 99.2 Å². The van der Waals surface area contributed by atoms with Crippen LogP contribution in [0.25, 0.3) is 0 Å². The molecule has 1 fully saturated rings. The van der Waals surface area contributed by atoms with Gasteiger partial charge in [-0.05, 0) is 31.6 Å². The van der Waals surface area contributed by atoms with Crippen molar-refractivity contribution in [1.82, 2.24) is 5.32 Å². The van der Waals surface area contributed by atoms with E-state index in [2.05, 4.69) is 26.1 Å². The number of hydrogen-bond donors (Lipinski definition) is 2. The van der Waals surface area contributed by atoms with Crippen LogP contribution in [0.1, 0.15) is 53.4 Å². The van der Waals surface area contributed by atoms with Gasteiger partial charge in [0.25, 0.3) is 0 Å². The average molecular weight is 226 g/mol. The first-order chi connectivity index (χ1) is 7.35. The van der Waals surface area contributed by atoms with Crippen LogP contribution < -0.4 is 11.1 Å². The number of nitrogens with two attached hydrogens (primary N) is 1. The molecule has 1 saturated carbocycles. The zero-order chi connectivity index (χ0) is 12.3. The van der Waals surface area contributed by atoms with Crippen molar-refractivity contribution < 1.29 is 4.79 Å². The van der Waals surface area contributed by atoms with Gasteiger partial charge in [-0.1, -0.05) is 33.6 Å². The second-order valence-corrected chi connectivity index (χ2v) is 5.86. The third-order valence-electron chi connectivity index (χ3n) is 3.84. The van der Waals surface area contributed by atoms with Crippen molar-refractivity contribution in [2.24, 2.45) is 17.6 Å². The van der Waals surface area contributed by atoms with Gasteiger partial charge in [0.2, 0.25) is 5.91 Å². The number of nitrogens with one attached hydrogen (secondary N) is 1. The maximum Gasteiger partial charge on any atom is 0.240 e. The normalized spacial score (nSPS) is 32.5. The summed E-state index contributed by atoms with van der Waals surface area (Å²) in [6.45, 7) is 8.44. The summed E-state index contributed by atoms with van der Waals surface area (Å²) in [5.41, 5.74) is 5.61. The molecule has 16 heavy (non-hydrogen) atoms. The topological polar surface area (TPSA) is 55.1 Å². The Bertz CT molecular complexity index is 252. The summed E-state index contributed by atoms with van der Waals surface area (Å²) in [6.07, 6.45) is 3.92. The van der Waals surface area contributed by atoms with E-state index in [0.717, 1.165) is 19.3 Å². The SMILES string of the molecule is CC1CCCC(N)(C(=O)NC(C)C(C)C)C1. The highest BCUT2D eigenvalue weighted by atomic mass is 16.2. The summed E-state index contributed by atoms with van der Waals surface area (Å²) in [6, 6.07) is 0.199. The molecule has 1 aliphatic rings. The van der Waals surface area contributed by atoms with E-state index in [-0.39, 0.29) is 11.9 Å². The summed E-state index contributed by atoms with van der Waals surface area (Å²) in [4.78, 5) is 12.1. The first kappa shape index (κ1) is 13.5. The molecule has 0 radical (unpaired) electrons. The third-order valence-corrected chi connectivity index (χ3v) is 3.84. The molecule has 1 amide bonds. The Balaban J connectivity index is 2.58. The maximum atomic E-state index is 12.1. The molecule has 1 rings (SSSR count). The molecule has 94 valence electrons. The van der Waals surface area contributed by atoms with Gasteiger partial charge in [-0.25, -0.2) is 0 Å². The van der Waals surface area contributed by atoms with Gasteiger partial charge in [-0.15, -0.1) is 0 Å². The lowest BCUT2D eigenvalue weighted by Crippen LogP contribution is -2.58. The summed E-state index contributed by atoms with van der Waals surface area (Å²) < 4.78 is 0. The number of amides is 1. The molecule has 0 aromatic rings. The fraction of sp³-hybridized carbons (Fsp3) is 0.923. The lowest BCUT2D eigenvalue weighted by molar-refractivity contribution is -0.129. The van der Waals surface area contributed by atoms with Crippen LogP contribution in [0.3, 0.4) is 0 Å². The molecule has 0 aliphatic heterocycles. The molecule has 0 aromatic carbocycles. The van der Waals surface area contributed by atoms with Crippen LogP contribution in [0, 0.1) is 11.8 Å². The smallest absolute Gasteiger partial charge is 0.240 e. The van der Waals surface area contributed by atoms with Crippen molar-refractivity contribution in [3.8, 4) is 0 Å². The number of carbonyl (C=O) groups excluding carboxylic acids is 1. The molecule has 1 aliphatic carbocycles.